The minimum Gasteiger partial charge on any atom is -0.494 e. The van der Waals surface area contributed by atoms with Crippen molar-refractivity contribution in [3.63, 3.8) is 0 Å². The highest BCUT2D eigenvalue weighted by atomic mass is 16.5. The Labute approximate surface area is 237 Å². The van der Waals surface area contributed by atoms with Gasteiger partial charge in [0, 0.05) is 17.8 Å². The smallest absolute Gasteiger partial charge is 0.294 e. The summed E-state index contributed by atoms with van der Waals surface area (Å²) in [6.07, 6.45) is 7.83. The summed E-state index contributed by atoms with van der Waals surface area (Å²) in [4.78, 5) is 29.7. The zero-order valence-corrected chi connectivity index (χ0v) is 23.1. The maximum atomic E-state index is 14.2. The number of methoxy groups -OCH3 is 3. The van der Waals surface area contributed by atoms with Gasteiger partial charge in [-0.2, -0.15) is 4.68 Å². The number of ether oxygens (including phenoxy) is 3. The minimum absolute atomic E-state index is 0.0104. The Bertz CT molecular complexity index is 1470. The molecule has 0 aliphatic heterocycles. The summed E-state index contributed by atoms with van der Waals surface area (Å²) in [6.45, 7) is 0. The Kier molecular flexibility index (Phi) is 8.47. The summed E-state index contributed by atoms with van der Waals surface area (Å²) in [5.74, 6) is 0.560. The first-order chi connectivity index (χ1) is 20.0. The molecule has 1 aliphatic rings. The van der Waals surface area contributed by atoms with Gasteiger partial charge in [0.1, 0.15) is 23.8 Å². The van der Waals surface area contributed by atoms with E-state index in [9.17, 15) is 9.59 Å². The van der Waals surface area contributed by atoms with Crippen LogP contribution in [0.4, 0.5) is 5.69 Å². The molecule has 2 aromatic carbocycles. The molecule has 214 valence electrons. The molecule has 0 bridgehead atoms. The summed E-state index contributed by atoms with van der Waals surface area (Å²) in [5, 5.41) is 14.5. The summed E-state index contributed by atoms with van der Waals surface area (Å²) >= 11 is 0. The fraction of sp³-hybridized carbons (Fsp3) is 0.345. The number of furan rings is 1. The summed E-state index contributed by atoms with van der Waals surface area (Å²) < 4.78 is 23.6. The molecule has 0 saturated heterocycles. The number of benzene rings is 2. The van der Waals surface area contributed by atoms with E-state index in [-0.39, 0.29) is 17.7 Å². The zero-order chi connectivity index (χ0) is 28.8. The van der Waals surface area contributed by atoms with Crippen LogP contribution in [0.1, 0.15) is 54.3 Å². The van der Waals surface area contributed by atoms with Crippen molar-refractivity contribution in [2.75, 3.05) is 26.2 Å². The van der Waals surface area contributed by atoms with Crippen LogP contribution >= 0.6 is 0 Å². The zero-order valence-electron chi connectivity index (χ0n) is 23.1. The monoisotopic (exact) mass is 560 g/mol. The first kappa shape index (κ1) is 27.7. The average Bonchev–Trinajstić information content (AvgIpc) is 3.75. The molecule has 2 amide bonds. The number of tetrazole rings is 1. The van der Waals surface area contributed by atoms with E-state index in [1.165, 1.54) is 43.5 Å². The third kappa shape index (κ3) is 5.86. The predicted octanol–water partition coefficient (Wildman–Crippen LogP) is 4.12. The highest BCUT2D eigenvalue weighted by Gasteiger charge is 2.36. The van der Waals surface area contributed by atoms with Crippen LogP contribution in [0, 0.1) is 0 Å². The molecule has 4 aromatic rings. The Morgan fingerprint density at radius 3 is 2.41 bits per heavy atom. The molecule has 1 saturated carbocycles. The average molecular weight is 561 g/mol. The molecule has 0 radical (unpaired) electrons. The van der Waals surface area contributed by atoms with Crippen LogP contribution in [0.5, 0.6) is 17.2 Å². The lowest BCUT2D eigenvalue weighted by Gasteiger charge is -2.33. The van der Waals surface area contributed by atoms with Gasteiger partial charge >= 0.3 is 0 Å². The van der Waals surface area contributed by atoms with Gasteiger partial charge in [-0.05, 0) is 65.2 Å². The molecular weight excluding hydrogens is 528 g/mol. The van der Waals surface area contributed by atoms with E-state index in [0.717, 1.165) is 32.1 Å². The highest BCUT2D eigenvalue weighted by molar-refractivity contribution is 6.09. The van der Waals surface area contributed by atoms with E-state index in [0.29, 0.717) is 34.2 Å². The molecule has 41 heavy (non-hydrogen) atoms. The van der Waals surface area contributed by atoms with Crippen LogP contribution in [0.25, 0.3) is 5.69 Å². The fourth-order valence-electron chi connectivity index (χ4n) is 5.15. The van der Waals surface area contributed by atoms with E-state index in [4.69, 9.17) is 18.6 Å². The van der Waals surface area contributed by atoms with E-state index in [1.54, 1.807) is 48.5 Å². The Morgan fingerprint density at radius 2 is 1.76 bits per heavy atom. The standard InChI is InChI=1S/C29H32N6O6/c1-38-23-14-11-19(16-26(23)40-3)27(28(36)31-20-8-5-4-6-9-20)35(29(37)24-10-7-15-41-24)21-12-13-22(25(17-21)39-2)34-18-30-32-33-34/h7,10-18,20,27H,4-6,8-9H2,1-3H3,(H,31,36)/t27-/m1/s1. The lowest BCUT2D eigenvalue weighted by atomic mass is 9.94. The normalized spacial score (nSPS) is 14.2. The van der Waals surface area contributed by atoms with E-state index in [1.807, 2.05) is 0 Å². The second-order valence-corrected chi connectivity index (χ2v) is 9.62. The van der Waals surface area contributed by atoms with Gasteiger partial charge in [0.05, 0.1) is 27.6 Å². The van der Waals surface area contributed by atoms with Crippen molar-refractivity contribution in [1.29, 1.82) is 0 Å². The SMILES string of the molecule is COc1ccc([C@H](C(=O)NC2CCCCC2)N(C(=O)c2ccco2)c2ccc(-n3cnnn3)c(OC)c2)cc1OC. The Morgan fingerprint density at radius 1 is 0.976 bits per heavy atom. The number of anilines is 1. The molecule has 0 spiro atoms. The number of hydrogen-bond donors (Lipinski definition) is 1. The number of nitrogens with zero attached hydrogens (tertiary/aromatic N) is 5. The lowest BCUT2D eigenvalue weighted by molar-refractivity contribution is -0.123. The van der Waals surface area contributed by atoms with Gasteiger partial charge in [-0.3, -0.25) is 14.5 Å². The van der Waals surface area contributed by atoms with Gasteiger partial charge in [-0.15, -0.1) is 5.10 Å². The van der Waals surface area contributed by atoms with Crippen molar-refractivity contribution in [3.8, 4) is 22.9 Å². The molecule has 1 fully saturated rings. The summed E-state index contributed by atoms with van der Waals surface area (Å²) in [5.41, 5.74) is 1.49. The van der Waals surface area contributed by atoms with Crippen molar-refractivity contribution in [3.05, 3.63) is 72.4 Å². The van der Waals surface area contributed by atoms with Crippen LogP contribution in [0.15, 0.2) is 65.5 Å². The largest absolute Gasteiger partial charge is 0.494 e. The van der Waals surface area contributed by atoms with Crippen LogP contribution in [-0.2, 0) is 4.79 Å². The van der Waals surface area contributed by atoms with Gasteiger partial charge < -0.3 is 23.9 Å². The fourth-order valence-corrected chi connectivity index (χ4v) is 5.15. The quantitative estimate of drug-likeness (QED) is 0.304. The van der Waals surface area contributed by atoms with Crippen molar-refractivity contribution >= 4 is 17.5 Å². The first-order valence-electron chi connectivity index (χ1n) is 13.3. The third-order valence-electron chi connectivity index (χ3n) is 7.17. The molecule has 5 rings (SSSR count). The third-order valence-corrected chi connectivity index (χ3v) is 7.17. The number of nitrogens with one attached hydrogen (secondary N) is 1. The molecule has 12 heteroatoms. The molecule has 1 aliphatic carbocycles. The lowest BCUT2D eigenvalue weighted by Crippen LogP contribution is -2.47. The highest BCUT2D eigenvalue weighted by Crippen LogP contribution is 2.38. The predicted molar refractivity (Wildman–Crippen MR) is 149 cm³/mol. The number of rotatable bonds is 10. The second-order valence-electron chi connectivity index (χ2n) is 9.62. The molecule has 1 N–H and O–H groups in total. The van der Waals surface area contributed by atoms with Crippen LogP contribution in [0.3, 0.4) is 0 Å². The van der Waals surface area contributed by atoms with Crippen molar-refractivity contribution in [1.82, 2.24) is 25.5 Å². The molecule has 2 aromatic heterocycles. The van der Waals surface area contributed by atoms with Gasteiger partial charge in [-0.1, -0.05) is 25.3 Å². The van der Waals surface area contributed by atoms with Gasteiger partial charge in [-0.25, -0.2) is 0 Å². The van der Waals surface area contributed by atoms with E-state index in [2.05, 4.69) is 20.8 Å². The summed E-state index contributed by atoms with van der Waals surface area (Å²) in [7, 11) is 4.57. The number of hydrogen-bond acceptors (Lipinski definition) is 9. The van der Waals surface area contributed by atoms with E-state index < -0.39 is 11.9 Å². The number of amides is 2. The van der Waals surface area contributed by atoms with Crippen molar-refractivity contribution in [2.45, 2.75) is 44.2 Å². The Balaban J connectivity index is 1.65. The van der Waals surface area contributed by atoms with Crippen molar-refractivity contribution in [2.24, 2.45) is 0 Å². The molecule has 1 atom stereocenters. The molecule has 0 unspecified atom stereocenters. The Hall–Kier alpha value is -4.87. The van der Waals surface area contributed by atoms with Crippen molar-refractivity contribution < 1.29 is 28.2 Å². The number of carbonyl (C=O) groups is 2. The molecule has 12 nitrogen and oxygen atoms in total. The van der Waals surface area contributed by atoms with Crippen LogP contribution < -0.4 is 24.4 Å². The summed E-state index contributed by atoms with van der Waals surface area (Å²) in [6, 6.07) is 12.4. The van der Waals surface area contributed by atoms with Crippen LogP contribution in [0.2, 0.25) is 0 Å². The second kappa shape index (κ2) is 12.5. The van der Waals surface area contributed by atoms with E-state index >= 15 is 0 Å². The number of carbonyl (C=O) groups excluding carboxylic acids is 2. The van der Waals surface area contributed by atoms with Gasteiger partial charge in [0.25, 0.3) is 5.91 Å². The topological polar surface area (TPSA) is 134 Å². The maximum Gasteiger partial charge on any atom is 0.294 e. The minimum atomic E-state index is -1.09. The van der Waals surface area contributed by atoms with Crippen LogP contribution in [-0.4, -0.2) is 59.4 Å². The maximum absolute atomic E-state index is 14.2. The molecular formula is C29H32N6O6. The van der Waals surface area contributed by atoms with Gasteiger partial charge in [0.2, 0.25) is 5.91 Å². The number of aromatic nitrogens is 4. The first-order valence-corrected chi connectivity index (χ1v) is 13.3. The van der Waals surface area contributed by atoms with Gasteiger partial charge in [0.15, 0.2) is 17.3 Å². The molecule has 2 heterocycles.